The van der Waals surface area contributed by atoms with E-state index in [0.717, 1.165) is 17.4 Å². The molecule has 156 valence electrons. The largest absolute Gasteiger partial charge is 0.492 e. The number of amidine groups is 1. The first-order valence-corrected chi connectivity index (χ1v) is 10.7. The minimum atomic E-state index is -3.45. The van der Waals surface area contributed by atoms with Gasteiger partial charge in [0.15, 0.2) is 0 Å². The molecule has 2 aromatic rings. The topological polar surface area (TPSA) is 123 Å². The molecule has 0 bridgehead atoms. The third-order valence-corrected chi connectivity index (χ3v) is 5.56. The van der Waals surface area contributed by atoms with E-state index in [1.807, 2.05) is 24.3 Å². The number of ether oxygens (including phenoxy) is 2. The van der Waals surface area contributed by atoms with Crippen LogP contribution in [0, 0.1) is 5.41 Å². The van der Waals surface area contributed by atoms with Gasteiger partial charge in [-0.2, -0.15) is 4.31 Å². The summed E-state index contributed by atoms with van der Waals surface area (Å²) in [5.41, 5.74) is 8.08. The Hall–Kier alpha value is -2.91. The molecule has 0 radical (unpaired) electrons. The lowest BCUT2D eigenvalue weighted by Gasteiger charge is -2.19. The number of hydrogen-bond acceptors (Lipinski definition) is 6. The van der Waals surface area contributed by atoms with E-state index < -0.39 is 16.0 Å². The number of benzene rings is 2. The Morgan fingerprint density at radius 1 is 1.03 bits per heavy atom. The molecule has 0 atom stereocenters. The molecule has 0 amide bonds. The number of nitrogens with two attached hydrogens (primary N) is 1. The van der Waals surface area contributed by atoms with Gasteiger partial charge in [0.05, 0.1) is 19.8 Å². The molecule has 0 aliphatic carbocycles. The van der Waals surface area contributed by atoms with Crippen LogP contribution in [0.1, 0.15) is 12.0 Å². The molecular formula is C20H25N3O5S. The number of nitrogens with zero attached hydrogens (tertiary/aromatic N) is 1. The van der Waals surface area contributed by atoms with Crippen molar-refractivity contribution in [1.29, 1.82) is 5.41 Å². The van der Waals surface area contributed by atoms with Crippen molar-refractivity contribution in [3.63, 3.8) is 0 Å². The number of carbonyl (C=O) groups is 1. The van der Waals surface area contributed by atoms with Crippen LogP contribution in [0.15, 0.2) is 48.5 Å². The van der Waals surface area contributed by atoms with Crippen molar-refractivity contribution < 1.29 is 22.7 Å². The van der Waals surface area contributed by atoms with E-state index in [2.05, 4.69) is 4.74 Å². The van der Waals surface area contributed by atoms with E-state index in [0.29, 0.717) is 11.3 Å². The molecule has 0 aromatic heterocycles. The first-order chi connectivity index (χ1) is 13.7. The first-order valence-electron chi connectivity index (χ1n) is 8.90. The van der Waals surface area contributed by atoms with Crippen molar-refractivity contribution in [2.45, 2.75) is 6.42 Å². The van der Waals surface area contributed by atoms with Crippen molar-refractivity contribution in [3.05, 3.63) is 54.1 Å². The van der Waals surface area contributed by atoms with Gasteiger partial charge in [-0.25, -0.2) is 8.42 Å². The minimum absolute atomic E-state index is 0.0132. The van der Waals surface area contributed by atoms with Gasteiger partial charge in [0.25, 0.3) is 0 Å². The summed E-state index contributed by atoms with van der Waals surface area (Å²) in [5, 5.41) is 7.43. The van der Waals surface area contributed by atoms with Gasteiger partial charge >= 0.3 is 5.97 Å². The fourth-order valence-electron chi connectivity index (χ4n) is 2.61. The number of rotatable bonds is 10. The molecule has 0 aliphatic rings. The highest BCUT2D eigenvalue weighted by molar-refractivity contribution is 7.88. The Bertz CT molecular complexity index is 941. The highest BCUT2D eigenvalue weighted by Gasteiger charge is 2.18. The Balaban J connectivity index is 1.93. The maximum Gasteiger partial charge on any atom is 0.306 e. The van der Waals surface area contributed by atoms with Crippen molar-refractivity contribution in [2.24, 2.45) is 5.73 Å². The van der Waals surface area contributed by atoms with E-state index in [1.165, 1.54) is 11.4 Å². The number of methoxy groups -OCH3 is 1. The van der Waals surface area contributed by atoms with Gasteiger partial charge in [0.2, 0.25) is 10.0 Å². The Morgan fingerprint density at radius 2 is 1.59 bits per heavy atom. The number of carbonyl (C=O) groups excluding carboxylic acids is 1. The highest BCUT2D eigenvalue weighted by Crippen LogP contribution is 2.23. The molecule has 0 aliphatic heterocycles. The normalized spacial score (nSPS) is 11.3. The summed E-state index contributed by atoms with van der Waals surface area (Å²) in [5.74, 6) is 0.164. The van der Waals surface area contributed by atoms with Gasteiger partial charge in [-0.3, -0.25) is 10.2 Å². The second kappa shape index (κ2) is 10.0. The number of nitrogen functional groups attached to an aromatic ring is 1. The molecule has 0 fully saturated rings. The molecular weight excluding hydrogens is 394 g/mol. The van der Waals surface area contributed by atoms with Crippen molar-refractivity contribution >= 4 is 21.8 Å². The van der Waals surface area contributed by atoms with Crippen molar-refractivity contribution in [3.8, 4) is 16.9 Å². The predicted molar refractivity (Wildman–Crippen MR) is 111 cm³/mol. The van der Waals surface area contributed by atoms with Gasteiger partial charge < -0.3 is 15.2 Å². The lowest BCUT2D eigenvalue weighted by Crippen LogP contribution is -2.35. The summed E-state index contributed by atoms with van der Waals surface area (Å²) in [6.07, 6.45) is 1.08. The molecule has 2 rings (SSSR count). The summed E-state index contributed by atoms with van der Waals surface area (Å²) in [6, 6.07) is 14.7. The van der Waals surface area contributed by atoms with Gasteiger partial charge in [-0.15, -0.1) is 0 Å². The molecule has 29 heavy (non-hydrogen) atoms. The first kappa shape index (κ1) is 22.4. The molecule has 2 aromatic carbocycles. The van der Waals surface area contributed by atoms with Crippen LogP contribution >= 0.6 is 0 Å². The quantitative estimate of drug-likeness (QED) is 0.344. The predicted octanol–water partition coefficient (Wildman–Crippen LogP) is 1.84. The van der Waals surface area contributed by atoms with Crippen LogP contribution in [0.2, 0.25) is 0 Å². The summed E-state index contributed by atoms with van der Waals surface area (Å²) >= 11 is 0. The third kappa shape index (κ3) is 6.88. The fourth-order valence-corrected chi connectivity index (χ4v) is 3.44. The second-order valence-electron chi connectivity index (χ2n) is 6.35. The van der Waals surface area contributed by atoms with E-state index in [-0.39, 0.29) is 32.0 Å². The van der Waals surface area contributed by atoms with E-state index in [4.69, 9.17) is 15.9 Å². The number of sulfonamides is 1. The van der Waals surface area contributed by atoms with Crippen molar-refractivity contribution in [1.82, 2.24) is 4.31 Å². The Labute approximate surface area is 170 Å². The summed E-state index contributed by atoms with van der Waals surface area (Å²) < 4.78 is 35.1. The molecule has 3 N–H and O–H groups in total. The van der Waals surface area contributed by atoms with Crippen LogP contribution in [0.25, 0.3) is 11.1 Å². The Kier molecular flexibility index (Phi) is 7.74. The zero-order valence-corrected chi connectivity index (χ0v) is 17.2. The average Bonchev–Trinajstić information content (AvgIpc) is 2.69. The standard InChI is InChI=1S/C20H25N3O5S/c1-27-19(24)11-12-23(29(2,25)26)13-14-28-18-9-7-16(8-10-18)15-3-5-17(6-4-15)20(21)22/h3-10H,11-14H2,1-2H3,(H3,21,22). The summed E-state index contributed by atoms with van der Waals surface area (Å²) in [4.78, 5) is 11.2. The molecule has 0 unspecified atom stereocenters. The molecule has 0 spiro atoms. The lowest BCUT2D eigenvalue weighted by atomic mass is 10.0. The fraction of sp³-hybridized carbons (Fsp3) is 0.300. The molecule has 0 saturated carbocycles. The average molecular weight is 420 g/mol. The number of nitrogens with one attached hydrogen (secondary N) is 1. The van der Waals surface area contributed by atoms with Crippen LogP contribution in [-0.4, -0.2) is 57.6 Å². The lowest BCUT2D eigenvalue weighted by molar-refractivity contribution is -0.140. The van der Waals surface area contributed by atoms with E-state index in [9.17, 15) is 13.2 Å². The molecule has 0 saturated heterocycles. The van der Waals surface area contributed by atoms with Gasteiger partial charge in [-0.1, -0.05) is 36.4 Å². The third-order valence-electron chi connectivity index (χ3n) is 4.25. The molecule has 0 heterocycles. The zero-order chi connectivity index (χ0) is 21.4. The smallest absolute Gasteiger partial charge is 0.306 e. The van der Waals surface area contributed by atoms with Crippen LogP contribution in [0.5, 0.6) is 5.75 Å². The van der Waals surface area contributed by atoms with Gasteiger partial charge in [0.1, 0.15) is 18.2 Å². The monoisotopic (exact) mass is 419 g/mol. The van der Waals surface area contributed by atoms with Crippen LogP contribution < -0.4 is 10.5 Å². The zero-order valence-electron chi connectivity index (χ0n) is 16.4. The van der Waals surface area contributed by atoms with Crippen molar-refractivity contribution in [2.75, 3.05) is 33.1 Å². The van der Waals surface area contributed by atoms with Crippen LogP contribution in [0.3, 0.4) is 0 Å². The van der Waals surface area contributed by atoms with Gasteiger partial charge in [-0.05, 0) is 23.3 Å². The highest BCUT2D eigenvalue weighted by atomic mass is 32.2. The van der Waals surface area contributed by atoms with E-state index >= 15 is 0 Å². The SMILES string of the molecule is COC(=O)CCN(CCOc1ccc(-c2ccc(C(=N)N)cc2)cc1)S(C)(=O)=O. The maximum atomic E-state index is 11.8. The summed E-state index contributed by atoms with van der Waals surface area (Å²) in [6.45, 7) is 0.328. The van der Waals surface area contributed by atoms with Crippen LogP contribution in [0.4, 0.5) is 0 Å². The number of esters is 1. The summed E-state index contributed by atoms with van der Waals surface area (Å²) in [7, 11) is -2.19. The second-order valence-corrected chi connectivity index (χ2v) is 8.33. The Morgan fingerprint density at radius 3 is 2.07 bits per heavy atom. The van der Waals surface area contributed by atoms with Gasteiger partial charge in [0, 0.05) is 18.7 Å². The maximum absolute atomic E-state index is 11.8. The van der Waals surface area contributed by atoms with Crippen LogP contribution in [-0.2, 0) is 19.6 Å². The number of hydrogen-bond donors (Lipinski definition) is 2. The molecule has 9 heteroatoms. The van der Waals surface area contributed by atoms with E-state index in [1.54, 1.807) is 24.3 Å². The molecule has 8 nitrogen and oxygen atoms in total. The minimum Gasteiger partial charge on any atom is -0.492 e.